The van der Waals surface area contributed by atoms with E-state index in [1.807, 2.05) is 54.6 Å². The Morgan fingerprint density at radius 3 is 2.51 bits per heavy atom. The number of allylic oxidation sites excluding steroid dienone is 1. The van der Waals surface area contributed by atoms with Gasteiger partial charge in [-0.3, -0.25) is 19.5 Å². The van der Waals surface area contributed by atoms with Crippen LogP contribution in [0, 0.1) is 17.0 Å². The first-order valence-electron chi connectivity index (χ1n) is 13.0. The normalized spacial score (nSPS) is 14.8. The number of esters is 1. The van der Waals surface area contributed by atoms with Crippen LogP contribution in [0.25, 0.3) is 6.08 Å². The van der Waals surface area contributed by atoms with Gasteiger partial charge < -0.3 is 9.47 Å². The van der Waals surface area contributed by atoms with Gasteiger partial charge in [0.1, 0.15) is 12.4 Å². The second-order valence-corrected chi connectivity index (χ2v) is 10.5. The molecule has 0 aliphatic carbocycles. The van der Waals surface area contributed by atoms with Gasteiger partial charge in [0, 0.05) is 11.6 Å². The molecule has 208 valence electrons. The van der Waals surface area contributed by atoms with Gasteiger partial charge in [0.2, 0.25) is 0 Å². The van der Waals surface area contributed by atoms with E-state index in [-0.39, 0.29) is 23.4 Å². The molecule has 0 saturated carbocycles. The van der Waals surface area contributed by atoms with Crippen LogP contribution in [0.3, 0.4) is 0 Å². The maximum absolute atomic E-state index is 13.8. The van der Waals surface area contributed by atoms with Crippen molar-refractivity contribution in [1.82, 2.24) is 4.57 Å². The predicted molar refractivity (Wildman–Crippen MR) is 155 cm³/mol. The summed E-state index contributed by atoms with van der Waals surface area (Å²) < 4.78 is 13.0. The number of nitro groups is 1. The molecule has 1 aliphatic rings. The van der Waals surface area contributed by atoms with Crippen LogP contribution in [0.2, 0.25) is 0 Å². The number of hydrogen-bond donors (Lipinski definition) is 0. The Morgan fingerprint density at radius 2 is 1.83 bits per heavy atom. The van der Waals surface area contributed by atoms with Crippen molar-refractivity contribution in [3.8, 4) is 5.75 Å². The van der Waals surface area contributed by atoms with Gasteiger partial charge in [0.15, 0.2) is 4.80 Å². The first-order valence-corrected chi connectivity index (χ1v) is 13.8. The molecule has 0 unspecified atom stereocenters. The zero-order valence-electron chi connectivity index (χ0n) is 22.7. The summed E-state index contributed by atoms with van der Waals surface area (Å²) in [6.45, 7) is 5.57. The Morgan fingerprint density at radius 1 is 1.10 bits per heavy atom. The summed E-state index contributed by atoms with van der Waals surface area (Å²) in [6, 6.07) is 21.0. The molecule has 9 nitrogen and oxygen atoms in total. The lowest BCUT2D eigenvalue weighted by molar-refractivity contribution is -0.385. The molecule has 4 aromatic rings. The van der Waals surface area contributed by atoms with Crippen LogP contribution in [0.4, 0.5) is 5.69 Å². The van der Waals surface area contributed by atoms with Crippen LogP contribution in [-0.4, -0.2) is 22.1 Å². The summed E-state index contributed by atoms with van der Waals surface area (Å²) in [5.74, 6) is 0.0745. The summed E-state index contributed by atoms with van der Waals surface area (Å²) >= 11 is 1.19. The molecule has 0 saturated heterocycles. The molecule has 41 heavy (non-hydrogen) atoms. The van der Waals surface area contributed by atoms with Crippen LogP contribution in [0.1, 0.15) is 42.1 Å². The minimum absolute atomic E-state index is 0.0999. The molecule has 1 aliphatic heterocycles. The van der Waals surface area contributed by atoms with E-state index >= 15 is 0 Å². The Labute approximate surface area is 239 Å². The monoisotopic (exact) mass is 569 g/mol. The van der Waals surface area contributed by atoms with Gasteiger partial charge >= 0.3 is 5.97 Å². The zero-order valence-corrected chi connectivity index (χ0v) is 23.5. The number of nitro benzene ring substituents is 1. The van der Waals surface area contributed by atoms with Gasteiger partial charge in [-0.2, -0.15) is 0 Å². The molecule has 1 atom stereocenters. The average molecular weight is 570 g/mol. The molecule has 0 N–H and O–H groups in total. The molecular weight excluding hydrogens is 542 g/mol. The molecule has 0 bridgehead atoms. The number of aromatic nitrogens is 1. The molecule has 0 spiro atoms. The number of nitrogens with zero attached hydrogens (tertiary/aromatic N) is 3. The number of carbonyl (C=O) groups is 1. The van der Waals surface area contributed by atoms with E-state index in [1.54, 1.807) is 39.0 Å². The average Bonchev–Trinajstić information content (AvgIpc) is 3.26. The number of hydrogen-bond acceptors (Lipinski definition) is 8. The van der Waals surface area contributed by atoms with Crippen LogP contribution in [0.5, 0.6) is 5.75 Å². The molecule has 0 amide bonds. The maximum Gasteiger partial charge on any atom is 0.338 e. The maximum atomic E-state index is 13.8. The number of aryl methyl sites for hydroxylation is 1. The predicted octanol–water partition coefficient (Wildman–Crippen LogP) is 4.59. The van der Waals surface area contributed by atoms with Gasteiger partial charge in [0.05, 0.1) is 33.4 Å². The third kappa shape index (κ3) is 5.73. The molecule has 1 aromatic heterocycles. The highest BCUT2D eigenvalue weighted by atomic mass is 32.1. The highest BCUT2D eigenvalue weighted by Gasteiger charge is 2.34. The van der Waals surface area contributed by atoms with Crippen LogP contribution >= 0.6 is 11.3 Å². The van der Waals surface area contributed by atoms with Gasteiger partial charge in [0.25, 0.3) is 11.2 Å². The third-order valence-electron chi connectivity index (χ3n) is 6.69. The van der Waals surface area contributed by atoms with Crippen LogP contribution < -0.4 is 19.6 Å². The zero-order chi connectivity index (χ0) is 29.1. The van der Waals surface area contributed by atoms with E-state index in [0.29, 0.717) is 38.5 Å². The smallest absolute Gasteiger partial charge is 0.338 e. The van der Waals surface area contributed by atoms with Crippen molar-refractivity contribution in [3.05, 3.63) is 136 Å². The summed E-state index contributed by atoms with van der Waals surface area (Å²) in [7, 11) is 0. The van der Waals surface area contributed by atoms with Crippen molar-refractivity contribution in [2.45, 2.75) is 33.4 Å². The Balaban J connectivity index is 1.55. The lowest BCUT2D eigenvalue weighted by Crippen LogP contribution is -2.40. The highest BCUT2D eigenvalue weighted by molar-refractivity contribution is 7.07. The van der Waals surface area contributed by atoms with E-state index in [2.05, 4.69) is 4.99 Å². The number of rotatable bonds is 8. The number of carbonyl (C=O) groups excluding carboxylic acids is 1. The van der Waals surface area contributed by atoms with Crippen molar-refractivity contribution < 1.29 is 19.2 Å². The van der Waals surface area contributed by atoms with Crippen molar-refractivity contribution in [1.29, 1.82) is 0 Å². The summed E-state index contributed by atoms with van der Waals surface area (Å²) in [5, 5.41) is 11.7. The van der Waals surface area contributed by atoms with Crippen LogP contribution in [-0.2, 0) is 16.1 Å². The minimum Gasteiger partial charge on any atom is -0.489 e. The van der Waals surface area contributed by atoms with Crippen molar-refractivity contribution in [3.63, 3.8) is 0 Å². The third-order valence-corrected chi connectivity index (χ3v) is 7.67. The Kier molecular flexibility index (Phi) is 7.93. The molecule has 0 radical (unpaired) electrons. The van der Waals surface area contributed by atoms with E-state index in [1.165, 1.54) is 22.0 Å². The molecule has 10 heteroatoms. The van der Waals surface area contributed by atoms with E-state index in [0.717, 1.165) is 11.1 Å². The van der Waals surface area contributed by atoms with E-state index in [9.17, 15) is 19.7 Å². The minimum atomic E-state index is -0.930. The lowest BCUT2D eigenvalue weighted by atomic mass is 9.94. The van der Waals surface area contributed by atoms with E-state index in [4.69, 9.17) is 9.47 Å². The standard InChI is InChI=1S/C31H27N3O6S/c1-4-39-30(36)27-20(3)32-31-33(28(27)23-13-10-19(2)25(17-23)34(37)38)29(35)26(41-31)16-21-11-14-24(15-12-21)40-18-22-8-6-5-7-9-22/h5-17,28H,4,18H2,1-3H3/b26-16+/t28-/m1/s1. The molecular formula is C31H27N3O6S. The molecule has 0 fully saturated rings. The fraction of sp³-hybridized carbons (Fsp3) is 0.194. The highest BCUT2D eigenvalue weighted by Crippen LogP contribution is 2.33. The van der Waals surface area contributed by atoms with Crippen LogP contribution in [0.15, 0.2) is 93.9 Å². The SMILES string of the molecule is CCOC(=O)C1=C(C)N=c2s/c(=C/c3ccc(OCc4ccccc4)cc3)c(=O)n2[C@@H]1c1ccc(C)c([N+](=O)[O-])c1. The van der Waals surface area contributed by atoms with Gasteiger partial charge in [-0.15, -0.1) is 0 Å². The summed E-state index contributed by atoms with van der Waals surface area (Å²) in [5.41, 5.74) is 2.84. The largest absolute Gasteiger partial charge is 0.489 e. The topological polar surface area (TPSA) is 113 Å². The summed E-state index contributed by atoms with van der Waals surface area (Å²) in [4.78, 5) is 43.0. The second kappa shape index (κ2) is 11.7. The fourth-order valence-corrected chi connectivity index (χ4v) is 5.70. The number of benzene rings is 3. The Hall–Kier alpha value is -4.83. The lowest BCUT2D eigenvalue weighted by Gasteiger charge is -2.24. The Bertz CT molecular complexity index is 1840. The van der Waals surface area contributed by atoms with E-state index < -0.39 is 16.9 Å². The number of thiazole rings is 1. The fourth-order valence-electron chi connectivity index (χ4n) is 4.65. The second-order valence-electron chi connectivity index (χ2n) is 9.45. The first kappa shape index (κ1) is 27.7. The quantitative estimate of drug-likeness (QED) is 0.174. The summed E-state index contributed by atoms with van der Waals surface area (Å²) in [6.07, 6.45) is 1.75. The van der Waals surface area contributed by atoms with Crippen molar-refractivity contribution in [2.24, 2.45) is 4.99 Å². The molecule has 5 rings (SSSR count). The number of fused-ring (bicyclic) bond motifs is 1. The molecule has 3 aromatic carbocycles. The van der Waals surface area contributed by atoms with Crippen molar-refractivity contribution in [2.75, 3.05) is 6.61 Å². The first-order chi connectivity index (χ1) is 19.8. The molecule has 2 heterocycles. The number of ether oxygens (including phenoxy) is 2. The van der Waals surface area contributed by atoms with Gasteiger partial charge in [-0.1, -0.05) is 65.9 Å². The van der Waals surface area contributed by atoms with Gasteiger partial charge in [-0.05, 0) is 55.7 Å². The van der Waals surface area contributed by atoms with Crippen molar-refractivity contribution >= 4 is 29.1 Å². The van der Waals surface area contributed by atoms with Gasteiger partial charge in [-0.25, -0.2) is 9.79 Å².